The van der Waals surface area contributed by atoms with Gasteiger partial charge in [0.25, 0.3) is 5.91 Å². The van der Waals surface area contributed by atoms with Gasteiger partial charge in [0.05, 0.1) is 5.69 Å². The van der Waals surface area contributed by atoms with Crippen LogP contribution in [0.2, 0.25) is 0 Å². The van der Waals surface area contributed by atoms with Gasteiger partial charge in [-0.3, -0.25) is 9.48 Å². The van der Waals surface area contributed by atoms with Gasteiger partial charge in [0.2, 0.25) is 0 Å². The molecule has 0 saturated carbocycles. The average Bonchev–Trinajstić information content (AvgIpc) is 2.81. The van der Waals surface area contributed by atoms with Gasteiger partial charge < -0.3 is 4.90 Å². The number of amides is 1. The Hall–Kier alpha value is -2.10. The molecule has 4 nitrogen and oxygen atoms in total. The number of rotatable bonds is 5. The summed E-state index contributed by atoms with van der Waals surface area (Å²) in [6.07, 6.45) is 0.985. The highest BCUT2D eigenvalue weighted by molar-refractivity contribution is 5.94. The van der Waals surface area contributed by atoms with E-state index in [9.17, 15) is 4.79 Å². The monoisotopic (exact) mass is 299 g/mol. The molecule has 2 aromatic rings. The van der Waals surface area contributed by atoms with Gasteiger partial charge in [-0.25, -0.2) is 0 Å². The second kappa shape index (κ2) is 6.77. The van der Waals surface area contributed by atoms with Crippen LogP contribution in [0.4, 0.5) is 0 Å². The molecular formula is C18H25N3O. The number of nitrogens with zero attached hydrogens (tertiary/aromatic N) is 3. The predicted molar refractivity (Wildman–Crippen MR) is 89.0 cm³/mol. The first-order chi connectivity index (χ1) is 10.5. The maximum Gasteiger partial charge on any atom is 0.253 e. The summed E-state index contributed by atoms with van der Waals surface area (Å²) in [6.45, 7) is 9.69. The van der Waals surface area contributed by atoms with Gasteiger partial charge in [-0.2, -0.15) is 5.10 Å². The summed E-state index contributed by atoms with van der Waals surface area (Å²) in [7, 11) is 1.85. The topological polar surface area (TPSA) is 38.1 Å². The predicted octanol–water partition coefficient (Wildman–Crippen LogP) is 3.35. The van der Waals surface area contributed by atoms with E-state index in [0.717, 1.165) is 35.5 Å². The lowest BCUT2D eigenvalue weighted by atomic mass is 10.1. The third-order valence-corrected chi connectivity index (χ3v) is 4.18. The van der Waals surface area contributed by atoms with Gasteiger partial charge in [-0.15, -0.1) is 0 Å². The van der Waals surface area contributed by atoms with Crippen LogP contribution in [-0.2, 0) is 19.5 Å². The second-order valence-electron chi connectivity index (χ2n) is 5.68. The van der Waals surface area contributed by atoms with E-state index in [-0.39, 0.29) is 5.91 Å². The summed E-state index contributed by atoms with van der Waals surface area (Å²) < 4.78 is 1.99. The molecule has 118 valence electrons. The zero-order valence-electron chi connectivity index (χ0n) is 14.2. The number of benzene rings is 1. The first kappa shape index (κ1) is 16.3. The van der Waals surface area contributed by atoms with Crippen molar-refractivity contribution in [1.82, 2.24) is 14.7 Å². The lowest BCUT2D eigenvalue weighted by molar-refractivity contribution is 0.0784. The van der Waals surface area contributed by atoms with Gasteiger partial charge in [0.15, 0.2) is 0 Å². The lowest BCUT2D eigenvalue weighted by Gasteiger charge is -2.18. The molecule has 0 radical (unpaired) electrons. The van der Waals surface area contributed by atoms with E-state index >= 15 is 0 Å². The van der Waals surface area contributed by atoms with E-state index in [2.05, 4.69) is 25.9 Å². The molecule has 0 atom stereocenters. The van der Waals surface area contributed by atoms with E-state index in [0.29, 0.717) is 6.54 Å². The fourth-order valence-corrected chi connectivity index (χ4v) is 2.68. The Labute approximate surface area is 132 Å². The van der Waals surface area contributed by atoms with Crippen molar-refractivity contribution < 1.29 is 4.79 Å². The first-order valence-corrected chi connectivity index (χ1v) is 7.85. The standard InChI is InChI=1S/C18H25N3O/c1-6-15-8-10-16(11-9-15)18(22)20(5)12-17-13(3)19-21(7-2)14(17)4/h8-11H,6-7,12H2,1-5H3. The summed E-state index contributed by atoms with van der Waals surface area (Å²) in [5, 5.41) is 4.52. The minimum absolute atomic E-state index is 0.0469. The molecule has 0 saturated heterocycles. The number of carbonyl (C=O) groups excluding carboxylic acids is 1. The Morgan fingerprint density at radius 2 is 1.82 bits per heavy atom. The number of carbonyl (C=O) groups is 1. The van der Waals surface area contributed by atoms with E-state index in [1.54, 1.807) is 4.90 Å². The lowest BCUT2D eigenvalue weighted by Crippen LogP contribution is -2.26. The molecule has 1 amide bonds. The number of aryl methyl sites for hydroxylation is 3. The fraction of sp³-hybridized carbons (Fsp3) is 0.444. The minimum atomic E-state index is 0.0469. The molecule has 4 heteroatoms. The molecule has 2 rings (SSSR count). The molecule has 0 unspecified atom stereocenters. The Morgan fingerprint density at radius 3 is 2.32 bits per heavy atom. The number of aromatic nitrogens is 2. The summed E-state index contributed by atoms with van der Waals surface area (Å²) in [5.41, 5.74) is 5.26. The van der Waals surface area contributed by atoms with Crippen LogP contribution in [0.1, 0.15) is 46.7 Å². The van der Waals surface area contributed by atoms with Crippen LogP contribution < -0.4 is 0 Å². The number of hydrogen-bond acceptors (Lipinski definition) is 2. The Morgan fingerprint density at radius 1 is 1.18 bits per heavy atom. The summed E-state index contributed by atoms with van der Waals surface area (Å²) in [6, 6.07) is 7.86. The van der Waals surface area contributed by atoms with Crippen molar-refractivity contribution in [3.05, 3.63) is 52.3 Å². The van der Waals surface area contributed by atoms with Gasteiger partial charge in [0.1, 0.15) is 0 Å². The second-order valence-corrected chi connectivity index (χ2v) is 5.68. The van der Waals surface area contributed by atoms with Crippen LogP contribution in [0, 0.1) is 13.8 Å². The van der Waals surface area contributed by atoms with Crippen molar-refractivity contribution in [2.45, 2.75) is 47.2 Å². The van der Waals surface area contributed by atoms with Crippen LogP contribution in [0.15, 0.2) is 24.3 Å². The maximum absolute atomic E-state index is 12.5. The molecule has 1 aromatic carbocycles. The summed E-state index contributed by atoms with van der Waals surface area (Å²) in [4.78, 5) is 14.3. The SMILES string of the molecule is CCc1ccc(C(=O)N(C)Cc2c(C)nn(CC)c2C)cc1. The Balaban J connectivity index is 2.15. The quantitative estimate of drug-likeness (QED) is 0.849. The van der Waals surface area contributed by atoms with E-state index in [1.807, 2.05) is 42.9 Å². The smallest absolute Gasteiger partial charge is 0.253 e. The van der Waals surface area contributed by atoms with E-state index in [4.69, 9.17) is 0 Å². The first-order valence-electron chi connectivity index (χ1n) is 7.85. The normalized spacial score (nSPS) is 10.8. The molecule has 1 heterocycles. The number of hydrogen-bond donors (Lipinski definition) is 0. The third-order valence-electron chi connectivity index (χ3n) is 4.18. The van der Waals surface area contributed by atoms with Crippen molar-refractivity contribution >= 4 is 5.91 Å². The van der Waals surface area contributed by atoms with Crippen LogP contribution in [-0.4, -0.2) is 27.6 Å². The average molecular weight is 299 g/mol. The largest absolute Gasteiger partial charge is 0.337 e. The van der Waals surface area contributed by atoms with Crippen LogP contribution >= 0.6 is 0 Å². The molecule has 0 fully saturated rings. The fourth-order valence-electron chi connectivity index (χ4n) is 2.68. The molecule has 0 aliphatic carbocycles. The van der Waals surface area contributed by atoms with Gasteiger partial charge in [-0.05, 0) is 44.9 Å². The van der Waals surface area contributed by atoms with Crippen LogP contribution in [0.5, 0.6) is 0 Å². The van der Waals surface area contributed by atoms with Gasteiger partial charge in [-0.1, -0.05) is 19.1 Å². The van der Waals surface area contributed by atoms with Gasteiger partial charge >= 0.3 is 0 Å². The Bertz CT molecular complexity index is 656. The molecule has 0 spiro atoms. The minimum Gasteiger partial charge on any atom is -0.337 e. The maximum atomic E-state index is 12.5. The van der Waals surface area contributed by atoms with Crippen LogP contribution in [0.3, 0.4) is 0 Å². The highest BCUT2D eigenvalue weighted by Gasteiger charge is 2.17. The summed E-state index contributed by atoms with van der Waals surface area (Å²) >= 11 is 0. The summed E-state index contributed by atoms with van der Waals surface area (Å²) in [5.74, 6) is 0.0469. The highest BCUT2D eigenvalue weighted by atomic mass is 16.2. The highest BCUT2D eigenvalue weighted by Crippen LogP contribution is 2.16. The zero-order chi connectivity index (χ0) is 16.3. The van der Waals surface area contributed by atoms with Gasteiger partial charge in [0, 0.05) is 37.0 Å². The molecule has 0 bridgehead atoms. The van der Waals surface area contributed by atoms with E-state index in [1.165, 1.54) is 5.56 Å². The Kier molecular flexibility index (Phi) is 5.01. The van der Waals surface area contributed by atoms with Crippen molar-refractivity contribution in [3.63, 3.8) is 0 Å². The van der Waals surface area contributed by atoms with Crippen LogP contribution in [0.25, 0.3) is 0 Å². The zero-order valence-corrected chi connectivity index (χ0v) is 14.2. The molecule has 22 heavy (non-hydrogen) atoms. The van der Waals surface area contributed by atoms with Crippen molar-refractivity contribution in [1.29, 1.82) is 0 Å². The molecule has 1 aromatic heterocycles. The molecular weight excluding hydrogens is 274 g/mol. The van der Waals surface area contributed by atoms with Crippen molar-refractivity contribution in [2.75, 3.05) is 7.05 Å². The van der Waals surface area contributed by atoms with Crippen molar-refractivity contribution in [3.8, 4) is 0 Å². The molecule has 0 N–H and O–H groups in total. The molecule has 0 aliphatic heterocycles. The molecule has 0 aliphatic rings. The van der Waals surface area contributed by atoms with E-state index < -0.39 is 0 Å². The third kappa shape index (κ3) is 3.21. The van der Waals surface area contributed by atoms with Crippen molar-refractivity contribution in [2.24, 2.45) is 0 Å².